The molecule has 1 aromatic rings. The number of aliphatic hydroxyl groups is 2. The summed E-state index contributed by atoms with van der Waals surface area (Å²) in [4.78, 5) is 12.3. The predicted molar refractivity (Wildman–Crippen MR) is 76.1 cm³/mol. The minimum Gasteiger partial charge on any atom is -0.493 e. The van der Waals surface area contributed by atoms with Crippen LogP contribution in [0.25, 0.3) is 0 Å². The Morgan fingerprint density at radius 3 is 2.10 bits per heavy atom. The second-order valence-electron chi connectivity index (χ2n) is 4.71. The number of nitrogens with one attached hydrogen (secondary N) is 1. The molecule has 0 aliphatic rings. The summed E-state index contributed by atoms with van der Waals surface area (Å²) in [5, 5.41) is 21.0. The molecule has 0 atom stereocenters. The molecule has 0 aromatic heterocycles. The normalized spacial score (nSPS) is 11.0. The van der Waals surface area contributed by atoms with Crippen molar-refractivity contribution >= 4 is 5.91 Å². The van der Waals surface area contributed by atoms with Crippen molar-refractivity contribution in [2.45, 2.75) is 12.5 Å². The van der Waals surface area contributed by atoms with E-state index in [1.165, 1.54) is 34.3 Å². The second-order valence-corrected chi connectivity index (χ2v) is 4.71. The smallest absolute Gasteiger partial charge is 0.255 e. The monoisotopic (exact) mass is 299 g/mol. The number of amides is 1. The SMILES string of the molecule is COc1ccc(C(=O)NC(C)(CO)CO)c(OC)c1OC. The zero-order valence-electron chi connectivity index (χ0n) is 12.6. The second kappa shape index (κ2) is 7.14. The molecule has 0 saturated heterocycles. The highest BCUT2D eigenvalue weighted by atomic mass is 16.5. The molecule has 1 aromatic carbocycles. The summed E-state index contributed by atoms with van der Waals surface area (Å²) in [5.41, 5.74) is -0.918. The van der Waals surface area contributed by atoms with E-state index in [4.69, 9.17) is 14.2 Å². The molecule has 0 heterocycles. The van der Waals surface area contributed by atoms with E-state index in [0.29, 0.717) is 11.5 Å². The van der Waals surface area contributed by atoms with Crippen molar-refractivity contribution in [2.75, 3.05) is 34.5 Å². The molecule has 0 bridgehead atoms. The number of hydrogen-bond donors (Lipinski definition) is 3. The first-order valence-electron chi connectivity index (χ1n) is 6.29. The Bertz CT molecular complexity index is 498. The molecular formula is C14H21NO6. The number of carbonyl (C=O) groups excluding carboxylic acids is 1. The number of carbonyl (C=O) groups is 1. The van der Waals surface area contributed by atoms with Crippen LogP contribution >= 0.6 is 0 Å². The van der Waals surface area contributed by atoms with E-state index >= 15 is 0 Å². The van der Waals surface area contributed by atoms with Crippen LogP contribution in [0.1, 0.15) is 17.3 Å². The lowest BCUT2D eigenvalue weighted by molar-refractivity contribution is 0.0720. The fraction of sp³-hybridized carbons (Fsp3) is 0.500. The first kappa shape index (κ1) is 17.1. The molecule has 0 radical (unpaired) electrons. The van der Waals surface area contributed by atoms with Gasteiger partial charge in [0.1, 0.15) is 0 Å². The highest BCUT2D eigenvalue weighted by Crippen LogP contribution is 2.39. The number of ether oxygens (including phenoxy) is 3. The fourth-order valence-electron chi connectivity index (χ4n) is 1.75. The van der Waals surface area contributed by atoms with Crippen molar-refractivity contribution in [1.82, 2.24) is 5.32 Å². The van der Waals surface area contributed by atoms with Crippen molar-refractivity contribution in [3.63, 3.8) is 0 Å². The molecule has 0 saturated carbocycles. The molecule has 7 heteroatoms. The molecular weight excluding hydrogens is 278 g/mol. The lowest BCUT2D eigenvalue weighted by Gasteiger charge is -2.26. The third-order valence-electron chi connectivity index (χ3n) is 3.06. The minimum absolute atomic E-state index is 0.211. The third kappa shape index (κ3) is 3.56. The quantitative estimate of drug-likeness (QED) is 0.665. The van der Waals surface area contributed by atoms with Crippen LogP contribution in [0.2, 0.25) is 0 Å². The summed E-state index contributed by atoms with van der Waals surface area (Å²) in [6.45, 7) is 0.730. The highest BCUT2D eigenvalue weighted by Gasteiger charge is 2.28. The Balaban J connectivity index is 3.21. The molecule has 21 heavy (non-hydrogen) atoms. The topological polar surface area (TPSA) is 97.3 Å². The Hall–Kier alpha value is -1.99. The van der Waals surface area contributed by atoms with Gasteiger partial charge in [-0.2, -0.15) is 0 Å². The van der Waals surface area contributed by atoms with Gasteiger partial charge in [0.05, 0.1) is 45.6 Å². The predicted octanol–water partition coefficient (Wildman–Crippen LogP) is 0.185. The molecule has 0 spiro atoms. The van der Waals surface area contributed by atoms with E-state index < -0.39 is 24.7 Å². The van der Waals surface area contributed by atoms with E-state index in [2.05, 4.69) is 5.32 Å². The van der Waals surface area contributed by atoms with Crippen LogP contribution in [0.5, 0.6) is 17.2 Å². The summed E-state index contributed by atoms with van der Waals surface area (Å²) < 4.78 is 15.6. The van der Waals surface area contributed by atoms with E-state index in [9.17, 15) is 15.0 Å². The fourth-order valence-corrected chi connectivity index (χ4v) is 1.75. The molecule has 0 aliphatic carbocycles. The summed E-state index contributed by atoms with van der Waals surface area (Å²) in [6.07, 6.45) is 0. The third-order valence-corrected chi connectivity index (χ3v) is 3.06. The van der Waals surface area contributed by atoms with Gasteiger partial charge in [0, 0.05) is 0 Å². The first-order valence-corrected chi connectivity index (χ1v) is 6.29. The van der Waals surface area contributed by atoms with Crippen LogP contribution in [-0.2, 0) is 0 Å². The van der Waals surface area contributed by atoms with Crippen LogP contribution in [-0.4, -0.2) is 56.2 Å². The van der Waals surface area contributed by atoms with E-state index in [0.717, 1.165) is 0 Å². The van der Waals surface area contributed by atoms with Gasteiger partial charge in [-0.05, 0) is 19.1 Å². The zero-order chi connectivity index (χ0) is 16.0. The molecule has 3 N–H and O–H groups in total. The Morgan fingerprint density at radius 1 is 1.10 bits per heavy atom. The van der Waals surface area contributed by atoms with E-state index in [-0.39, 0.29) is 11.3 Å². The van der Waals surface area contributed by atoms with E-state index in [1.54, 1.807) is 6.07 Å². The molecule has 0 aliphatic heterocycles. The lowest BCUT2D eigenvalue weighted by Crippen LogP contribution is -2.51. The number of benzene rings is 1. The zero-order valence-corrected chi connectivity index (χ0v) is 12.6. The minimum atomic E-state index is -1.13. The van der Waals surface area contributed by atoms with Gasteiger partial charge in [-0.1, -0.05) is 0 Å². The van der Waals surface area contributed by atoms with Gasteiger partial charge < -0.3 is 29.7 Å². The molecule has 0 unspecified atom stereocenters. The van der Waals surface area contributed by atoms with Gasteiger partial charge >= 0.3 is 0 Å². The van der Waals surface area contributed by atoms with Crippen LogP contribution < -0.4 is 19.5 Å². The van der Waals surface area contributed by atoms with Gasteiger partial charge in [0.15, 0.2) is 11.5 Å². The summed E-state index contributed by atoms with van der Waals surface area (Å²) >= 11 is 0. The molecule has 1 amide bonds. The Labute approximate surface area is 123 Å². The molecule has 0 fully saturated rings. The maximum absolute atomic E-state index is 12.3. The number of aliphatic hydroxyl groups excluding tert-OH is 2. The standard InChI is InChI=1S/C14H21NO6/c1-14(7-16,8-17)15-13(18)9-5-6-10(19-2)12(21-4)11(9)20-3/h5-6,16-17H,7-8H2,1-4H3,(H,15,18). The van der Waals surface area contributed by atoms with Crippen molar-refractivity contribution in [1.29, 1.82) is 0 Å². The lowest BCUT2D eigenvalue weighted by atomic mass is 10.0. The first-order chi connectivity index (χ1) is 9.96. The Morgan fingerprint density at radius 2 is 1.67 bits per heavy atom. The van der Waals surface area contributed by atoms with Gasteiger partial charge in [0.25, 0.3) is 5.91 Å². The summed E-state index contributed by atoms with van der Waals surface area (Å²) in [6, 6.07) is 3.09. The maximum atomic E-state index is 12.3. The van der Waals surface area contributed by atoms with Crippen molar-refractivity contribution in [3.8, 4) is 17.2 Å². The molecule has 7 nitrogen and oxygen atoms in total. The average molecular weight is 299 g/mol. The van der Waals surface area contributed by atoms with Crippen LogP contribution in [0.4, 0.5) is 0 Å². The number of methoxy groups -OCH3 is 3. The number of rotatable bonds is 7. The van der Waals surface area contributed by atoms with Crippen LogP contribution in [0, 0.1) is 0 Å². The average Bonchev–Trinajstić information content (AvgIpc) is 2.52. The largest absolute Gasteiger partial charge is 0.493 e. The van der Waals surface area contributed by atoms with Gasteiger partial charge in [-0.25, -0.2) is 0 Å². The van der Waals surface area contributed by atoms with Crippen LogP contribution in [0.15, 0.2) is 12.1 Å². The van der Waals surface area contributed by atoms with Crippen molar-refractivity contribution in [3.05, 3.63) is 17.7 Å². The summed E-state index contributed by atoms with van der Waals surface area (Å²) in [5.74, 6) is 0.436. The molecule has 118 valence electrons. The van der Waals surface area contributed by atoms with Gasteiger partial charge in [0.2, 0.25) is 5.75 Å². The summed E-state index contributed by atoms with van der Waals surface area (Å²) in [7, 11) is 4.32. The maximum Gasteiger partial charge on any atom is 0.255 e. The van der Waals surface area contributed by atoms with Crippen molar-refractivity contribution in [2.24, 2.45) is 0 Å². The van der Waals surface area contributed by atoms with Gasteiger partial charge in [-0.15, -0.1) is 0 Å². The number of hydrogen-bond acceptors (Lipinski definition) is 6. The van der Waals surface area contributed by atoms with Crippen LogP contribution in [0.3, 0.4) is 0 Å². The van der Waals surface area contributed by atoms with E-state index in [1.807, 2.05) is 0 Å². The van der Waals surface area contributed by atoms with Gasteiger partial charge in [-0.3, -0.25) is 4.79 Å². The van der Waals surface area contributed by atoms with Crippen molar-refractivity contribution < 1.29 is 29.2 Å². The Kier molecular flexibility index (Phi) is 5.80. The molecule has 1 rings (SSSR count). The highest BCUT2D eigenvalue weighted by molar-refractivity contribution is 5.98.